The number of nitrogens with zero attached hydrogens (tertiary/aromatic N) is 2. The van der Waals surface area contributed by atoms with Crippen LogP contribution in [0.3, 0.4) is 0 Å². The van der Waals surface area contributed by atoms with Crippen LogP contribution in [0.15, 0.2) is 27.8 Å². The van der Waals surface area contributed by atoms with Crippen LogP contribution in [0.5, 0.6) is 0 Å². The van der Waals surface area contributed by atoms with Gasteiger partial charge in [-0.3, -0.25) is 13.9 Å². The summed E-state index contributed by atoms with van der Waals surface area (Å²) in [6.07, 6.45) is -4.81. The molecule has 0 fully saturated rings. The maximum Gasteiger partial charge on any atom is 0.431 e. The molecule has 1 aromatic heterocycles. The molecule has 0 aliphatic heterocycles. The summed E-state index contributed by atoms with van der Waals surface area (Å²) in [6.45, 7) is -0.351. The first kappa shape index (κ1) is 17.4. The topological polar surface area (TPSA) is 70.0 Å². The Morgan fingerprint density at radius 1 is 1.17 bits per heavy atom. The van der Waals surface area contributed by atoms with Gasteiger partial charge in [-0.15, -0.1) is 0 Å². The summed E-state index contributed by atoms with van der Waals surface area (Å²) in [5, 5.41) is 0.334. The zero-order valence-electron chi connectivity index (χ0n) is 11.6. The van der Waals surface area contributed by atoms with E-state index in [1.165, 1.54) is 12.1 Å². The van der Waals surface area contributed by atoms with Gasteiger partial charge in [0, 0.05) is 18.1 Å². The second-order valence-electron chi connectivity index (χ2n) is 4.75. The second-order valence-corrected chi connectivity index (χ2v) is 5.60. The van der Waals surface area contributed by atoms with Gasteiger partial charge in [-0.2, -0.15) is 13.2 Å². The quantitative estimate of drug-likeness (QED) is 0.829. The van der Waals surface area contributed by atoms with Crippen molar-refractivity contribution in [2.24, 2.45) is 7.05 Å². The second kappa shape index (κ2) is 5.93. The molecule has 5 nitrogen and oxygen atoms in total. The molecule has 0 saturated carbocycles. The molecule has 2 aromatic rings. The summed E-state index contributed by atoms with van der Waals surface area (Å²) >= 11 is 11.7. The maximum atomic E-state index is 12.8. The van der Waals surface area contributed by atoms with Crippen molar-refractivity contribution in [3.05, 3.63) is 60.3 Å². The Hall–Kier alpha value is -1.93. The number of benzene rings is 1. The van der Waals surface area contributed by atoms with Crippen LogP contribution in [0, 0.1) is 0 Å². The lowest BCUT2D eigenvalue weighted by Crippen LogP contribution is -2.42. The largest absolute Gasteiger partial charge is 0.431 e. The average Bonchev–Trinajstić information content (AvgIpc) is 2.42. The minimum atomic E-state index is -4.81. The summed E-state index contributed by atoms with van der Waals surface area (Å²) in [4.78, 5) is 23.9. The van der Waals surface area contributed by atoms with Crippen LogP contribution in [-0.4, -0.2) is 9.13 Å². The third kappa shape index (κ3) is 3.37. The zero-order chi connectivity index (χ0) is 17.5. The monoisotopic (exact) mass is 367 g/mol. The first-order valence-corrected chi connectivity index (χ1v) is 6.89. The lowest BCUT2D eigenvalue weighted by molar-refractivity contribution is -0.144. The molecular weight excluding hydrogens is 358 g/mol. The Bertz CT molecular complexity index is 888. The Morgan fingerprint density at radius 2 is 1.78 bits per heavy atom. The molecule has 2 N–H and O–H groups in total. The first-order chi connectivity index (χ1) is 10.5. The smallest absolute Gasteiger partial charge is 0.397 e. The highest BCUT2D eigenvalue weighted by molar-refractivity contribution is 6.36. The lowest BCUT2D eigenvalue weighted by Gasteiger charge is -2.15. The van der Waals surface area contributed by atoms with E-state index in [-0.39, 0.29) is 27.8 Å². The molecule has 0 atom stereocenters. The predicted octanol–water partition coefficient (Wildman–Crippen LogP) is 2.50. The molecule has 0 saturated heterocycles. The van der Waals surface area contributed by atoms with Crippen molar-refractivity contribution in [1.82, 2.24) is 9.13 Å². The summed E-state index contributed by atoms with van der Waals surface area (Å²) in [5.74, 6) is 0. The van der Waals surface area contributed by atoms with Crippen molar-refractivity contribution in [3.8, 4) is 0 Å². The third-order valence-corrected chi connectivity index (χ3v) is 3.74. The molecule has 0 radical (unpaired) electrons. The molecule has 1 heterocycles. The minimum absolute atomic E-state index is 0.0879. The van der Waals surface area contributed by atoms with Crippen molar-refractivity contribution >= 4 is 28.9 Å². The maximum absolute atomic E-state index is 12.8. The molecule has 124 valence electrons. The molecule has 0 unspecified atom stereocenters. The van der Waals surface area contributed by atoms with E-state index >= 15 is 0 Å². The molecule has 0 aliphatic carbocycles. The molecule has 10 heteroatoms. The van der Waals surface area contributed by atoms with E-state index < -0.39 is 23.1 Å². The van der Waals surface area contributed by atoms with E-state index in [9.17, 15) is 22.8 Å². The van der Waals surface area contributed by atoms with E-state index in [2.05, 4.69) is 0 Å². The normalized spacial score (nSPS) is 11.7. The average molecular weight is 368 g/mol. The fraction of sp³-hybridized carbons (Fsp3) is 0.231. The van der Waals surface area contributed by atoms with Crippen molar-refractivity contribution < 1.29 is 13.2 Å². The molecule has 0 bridgehead atoms. The van der Waals surface area contributed by atoms with Gasteiger partial charge in [0.2, 0.25) is 0 Å². The number of nitrogen functional groups attached to an aromatic ring is 1. The number of nitrogens with two attached hydrogens (primary N) is 1. The van der Waals surface area contributed by atoms with Crippen LogP contribution in [0.4, 0.5) is 18.9 Å². The van der Waals surface area contributed by atoms with Gasteiger partial charge in [-0.05, 0) is 17.7 Å². The summed E-state index contributed by atoms with van der Waals surface area (Å²) in [5.41, 5.74) is 2.52. The fourth-order valence-corrected chi connectivity index (χ4v) is 2.56. The SMILES string of the molecule is Cn1c(C(F)(F)F)cc(=O)n(Cc2cc(Cl)cc(Cl)c2N)c1=O. The third-order valence-electron chi connectivity index (χ3n) is 3.20. The van der Waals surface area contributed by atoms with Crippen LogP contribution in [-0.2, 0) is 19.8 Å². The molecule has 2 rings (SSSR count). The van der Waals surface area contributed by atoms with Gasteiger partial charge in [0.15, 0.2) is 0 Å². The van der Waals surface area contributed by atoms with E-state index in [4.69, 9.17) is 28.9 Å². The highest BCUT2D eigenvalue weighted by Crippen LogP contribution is 2.28. The molecule has 23 heavy (non-hydrogen) atoms. The minimum Gasteiger partial charge on any atom is -0.397 e. The number of aromatic nitrogens is 2. The van der Waals surface area contributed by atoms with Gasteiger partial charge in [0.25, 0.3) is 5.56 Å². The lowest BCUT2D eigenvalue weighted by atomic mass is 10.2. The molecule has 0 amide bonds. The summed E-state index contributed by atoms with van der Waals surface area (Å²) in [6, 6.07) is 3.10. The van der Waals surface area contributed by atoms with Crippen molar-refractivity contribution in [2.75, 3.05) is 5.73 Å². The summed E-state index contributed by atoms with van der Waals surface area (Å²) in [7, 11) is 0.926. The predicted molar refractivity (Wildman–Crippen MR) is 80.9 cm³/mol. The number of anilines is 1. The Balaban J connectivity index is 2.62. The van der Waals surface area contributed by atoms with Gasteiger partial charge in [-0.25, -0.2) is 4.79 Å². The van der Waals surface area contributed by atoms with Gasteiger partial charge in [0.05, 0.1) is 17.3 Å². The zero-order valence-corrected chi connectivity index (χ0v) is 13.1. The van der Waals surface area contributed by atoms with Crippen molar-refractivity contribution in [2.45, 2.75) is 12.7 Å². The number of alkyl halides is 3. The van der Waals surface area contributed by atoms with Crippen molar-refractivity contribution in [3.63, 3.8) is 0 Å². The van der Waals surface area contributed by atoms with Crippen molar-refractivity contribution in [1.29, 1.82) is 0 Å². The molecular formula is C13H10Cl2F3N3O2. The van der Waals surface area contributed by atoms with Crippen LogP contribution in [0.25, 0.3) is 0 Å². The molecule has 0 aliphatic rings. The number of halogens is 5. The van der Waals surface area contributed by atoms with Crippen LogP contribution in [0.2, 0.25) is 10.0 Å². The van der Waals surface area contributed by atoms with E-state index in [1.807, 2.05) is 0 Å². The Kier molecular flexibility index (Phi) is 4.50. The fourth-order valence-electron chi connectivity index (χ4n) is 2.03. The Morgan fingerprint density at radius 3 is 2.35 bits per heavy atom. The van der Waals surface area contributed by atoms with Crippen LogP contribution in [0.1, 0.15) is 11.3 Å². The number of hydrogen-bond acceptors (Lipinski definition) is 3. The van der Waals surface area contributed by atoms with Gasteiger partial charge in [0.1, 0.15) is 5.69 Å². The first-order valence-electron chi connectivity index (χ1n) is 6.14. The van der Waals surface area contributed by atoms with Crippen LogP contribution < -0.4 is 17.0 Å². The van der Waals surface area contributed by atoms with Gasteiger partial charge in [-0.1, -0.05) is 23.2 Å². The Labute approximate surface area is 137 Å². The van der Waals surface area contributed by atoms with Crippen LogP contribution >= 0.6 is 23.2 Å². The highest BCUT2D eigenvalue weighted by atomic mass is 35.5. The summed E-state index contributed by atoms with van der Waals surface area (Å²) < 4.78 is 39.3. The van der Waals surface area contributed by atoms with Gasteiger partial charge >= 0.3 is 11.9 Å². The van der Waals surface area contributed by atoms with E-state index in [0.717, 1.165) is 7.05 Å². The van der Waals surface area contributed by atoms with E-state index in [1.54, 1.807) is 0 Å². The number of rotatable bonds is 2. The number of hydrogen-bond donors (Lipinski definition) is 1. The standard InChI is InChI=1S/C13H10Cl2F3N3O2/c1-20-9(13(16,17)18)4-10(22)21(12(20)23)5-6-2-7(14)3-8(15)11(6)19/h2-4H,5,19H2,1H3. The molecule has 1 aromatic carbocycles. The van der Waals surface area contributed by atoms with Gasteiger partial charge < -0.3 is 5.73 Å². The highest BCUT2D eigenvalue weighted by Gasteiger charge is 2.34. The molecule has 0 spiro atoms. The van der Waals surface area contributed by atoms with E-state index in [0.29, 0.717) is 15.2 Å².